The van der Waals surface area contributed by atoms with Crippen LogP contribution in [0.15, 0.2) is 72.8 Å². The largest absolute Gasteiger partial charge is 0.368 e. The second-order valence-electron chi connectivity index (χ2n) is 10.4. The van der Waals surface area contributed by atoms with Crippen LogP contribution in [0.4, 0.5) is 10.5 Å². The predicted octanol–water partition coefficient (Wildman–Crippen LogP) is 3.41. The molecular weight excluding hydrogens is 490 g/mol. The highest BCUT2D eigenvalue weighted by Crippen LogP contribution is 2.36. The number of nitrogens with one attached hydrogen (secondary N) is 1. The molecule has 2 fully saturated rings. The van der Waals surface area contributed by atoms with E-state index < -0.39 is 11.4 Å². The molecule has 0 saturated carbocycles. The van der Waals surface area contributed by atoms with Crippen molar-refractivity contribution < 1.29 is 14.4 Å². The van der Waals surface area contributed by atoms with E-state index in [0.717, 1.165) is 60.7 Å². The molecule has 2 saturated heterocycles. The standard InChI is InChI=1S/C31H35N5O3/c1-22-8-12-24(13-9-22)31(25-14-10-23(2)11-15-25)29(38)36(30(39)33-31)17-5-16-34-18-20-35(21-19-34)27-7-4-3-6-26(27)28(32)37/h3-4,6-15H,5,16-21H2,1-2H3,(H2,32,37)(H,33,39). The lowest BCUT2D eigenvalue weighted by Gasteiger charge is -2.36. The van der Waals surface area contributed by atoms with Crippen LogP contribution in [0.1, 0.15) is 39.0 Å². The topological polar surface area (TPSA) is 99.0 Å². The number of nitrogens with zero attached hydrogens (tertiary/aromatic N) is 3. The molecule has 0 unspecified atom stereocenters. The number of rotatable bonds is 8. The number of piperazine rings is 1. The fraction of sp³-hybridized carbons (Fsp3) is 0.323. The van der Waals surface area contributed by atoms with Gasteiger partial charge in [-0.3, -0.25) is 19.4 Å². The van der Waals surface area contributed by atoms with Crippen LogP contribution in [0.3, 0.4) is 0 Å². The quantitative estimate of drug-likeness (QED) is 0.439. The average Bonchev–Trinajstić information content (AvgIpc) is 3.20. The molecule has 2 aliphatic heterocycles. The highest BCUT2D eigenvalue weighted by Gasteiger charge is 2.53. The second kappa shape index (κ2) is 10.9. The van der Waals surface area contributed by atoms with Crippen molar-refractivity contribution in [2.24, 2.45) is 5.73 Å². The summed E-state index contributed by atoms with van der Waals surface area (Å²) in [5.74, 6) is -0.665. The van der Waals surface area contributed by atoms with E-state index >= 15 is 0 Å². The van der Waals surface area contributed by atoms with Gasteiger partial charge >= 0.3 is 6.03 Å². The number of benzene rings is 3. The zero-order valence-corrected chi connectivity index (χ0v) is 22.5. The van der Waals surface area contributed by atoms with Gasteiger partial charge in [0, 0.05) is 38.4 Å². The number of imide groups is 1. The van der Waals surface area contributed by atoms with Gasteiger partial charge in [-0.25, -0.2) is 4.79 Å². The third kappa shape index (κ3) is 5.12. The van der Waals surface area contributed by atoms with Crippen LogP contribution in [-0.2, 0) is 10.3 Å². The summed E-state index contributed by atoms with van der Waals surface area (Å²) in [5, 5.41) is 3.04. The summed E-state index contributed by atoms with van der Waals surface area (Å²) in [6.07, 6.45) is 0.676. The molecule has 3 N–H and O–H groups in total. The zero-order chi connectivity index (χ0) is 27.6. The summed E-state index contributed by atoms with van der Waals surface area (Å²) in [6, 6.07) is 22.6. The van der Waals surface area contributed by atoms with Crippen LogP contribution in [0.2, 0.25) is 0 Å². The Morgan fingerprint density at radius 3 is 1.95 bits per heavy atom. The third-order valence-electron chi connectivity index (χ3n) is 7.81. The van der Waals surface area contributed by atoms with Gasteiger partial charge < -0.3 is 16.0 Å². The lowest BCUT2D eigenvalue weighted by atomic mass is 9.82. The maximum atomic E-state index is 14.0. The fourth-order valence-electron chi connectivity index (χ4n) is 5.57. The first-order valence-corrected chi connectivity index (χ1v) is 13.4. The summed E-state index contributed by atoms with van der Waals surface area (Å²) in [5.41, 5.74) is 9.41. The molecule has 39 heavy (non-hydrogen) atoms. The number of carbonyl (C=O) groups excluding carboxylic acids is 3. The van der Waals surface area contributed by atoms with E-state index in [0.29, 0.717) is 18.5 Å². The van der Waals surface area contributed by atoms with Gasteiger partial charge in [0.05, 0.1) is 5.56 Å². The molecule has 2 aliphatic rings. The van der Waals surface area contributed by atoms with E-state index in [1.807, 2.05) is 80.6 Å². The summed E-state index contributed by atoms with van der Waals surface area (Å²) < 4.78 is 0. The molecule has 2 heterocycles. The van der Waals surface area contributed by atoms with E-state index in [9.17, 15) is 14.4 Å². The SMILES string of the molecule is Cc1ccc(C2(c3ccc(C)cc3)NC(=O)N(CCCN3CCN(c4ccccc4C(N)=O)CC3)C2=O)cc1. The number of hydrogen-bond donors (Lipinski definition) is 2. The molecule has 5 rings (SSSR count). The highest BCUT2D eigenvalue weighted by molar-refractivity contribution is 6.09. The lowest BCUT2D eigenvalue weighted by molar-refractivity contribution is -0.130. The normalized spacial score (nSPS) is 17.4. The van der Waals surface area contributed by atoms with E-state index in [1.165, 1.54) is 4.90 Å². The van der Waals surface area contributed by atoms with Crippen LogP contribution in [0.5, 0.6) is 0 Å². The van der Waals surface area contributed by atoms with Crippen LogP contribution >= 0.6 is 0 Å². The number of para-hydroxylation sites is 1. The minimum Gasteiger partial charge on any atom is -0.368 e. The first kappa shape index (κ1) is 26.4. The number of anilines is 1. The lowest BCUT2D eigenvalue weighted by Crippen LogP contribution is -2.47. The highest BCUT2D eigenvalue weighted by atomic mass is 16.2. The Balaban J connectivity index is 1.24. The molecule has 202 valence electrons. The summed E-state index contributed by atoms with van der Waals surface area (Å²) in [4.78, 5) is 44.8. The van der Waals surface area contributed by atoms with Crippen LogP contribution in [0, 0.1) is 13.8 Å². The minimum atomic E-state index is -1.24. The number of primary amides is 1. The molecule has 8 nitrogen and oxygen atoms in total. The molecule has 8 heteroatoms. The van der Waals surface area contributed by atoms with Crippen LogP contribution in [-0.4, -0.2) is 66.9 Å². The van der Waals surface area contributed by atoms with Gasteiger partial charge in [0.2, 0.25) is 0 Å². The average molecular weight is 526 g/mol. The molecule has 0 aliphatic carbocycles. The molecule has 0 spiro atoms. The molecule has 3 aromatic rings. The van der Waals surface area contributed by atoms with Crippen molar-refractivity contribution in [2.45, 2.75) is 25.8 Å². The third-order valence-corrected chi connectivity index (χ3v) is 7.81. The van der Waals surface area contributed by atoms with Gasteiger partial charge in [-0.2, -0.15) is 0 Å². The summed E-state index contributed by atoms with van der Waals surface area (Å²) in [6.45, 7) is 8.31. The smallest absolute Gasteiger partial charge is 0.325 e. The molecular formula is C31H35N5O3. The van der Waals surface area contributed by atoms with Crippen LogP contribution in [0.25, 0.3) is 0 Å². The van der Waals surface area contributed by atoms with Crippen LogP contribution < -0.4 is 16.0 Å². The Morgan fingerprint density at radius 1 is 0.821 bits per heavy atom. The maximum absolute atomic E-state index is 14.0. The fourth-order valence-corrected chi connectivity index (χ4v) is 5.57. The molecule has 0 bridgehead atoms. The molecule has 0 atom stereocenters. The van der Waals surface area contributed by atoms with Gasteiger partial charge in [-0.05, 0) is 50.1 Å². The van der Waals surface area contributed by atoms with Crippen molar-refractivity contribution >= 4 is 23.5 Å². The van der Waals surface area contributed by atoms with E-state index in [2.05, 4.69) is 15.1 Å². The number of nitrogens with two attached hydrogens (primary N) is 1. The van der Waals surface area contributed by atoms with E-state index in [4.69, 9.17) is 5.73 Å². The Bertz CT molecular complexity index is 1320. The zero-order valence-electron chi connectivity index (χ0n) is 22.5. The van der Waals surface area contributed by atoms with Crippen molar-refractivity contribution in [1.29, 1.82) is 0 Å². The van der Waals surface area contributed by atoms with E-state index in [1.54, 1.807) is 6.07 Å². The Labute approximate surface area is 229 Å². The molecule has 3 aromatic carbocycles. The van der Waals surface area contributed by atoms with Gasteiger partial charge in [0.1, 0.15) is 0 Å². The van der Waals surface area contributed by atoms with Crippen molar-refractivity contribution in [3.63, 3.8) is 0 Å². The predicted molar refractivity (Wildman–Crippen MR) is 152 cm³/mol. The minimum absolute atomic E-state index is 0.243. The van der Waals surface area contributed by atoms with Crippen molar-refractivity contribution in [1.82, 2.24) is 15.1 Å². The van der Waals surface area contributed by atoms with E-state index in [-0.39, 0.29) is 11.9 Å². The second-order valence-corrected chi connectivity index (χ2v) is 10.4. The van der Waals surface area contributed by atoms with Gasteiger partial charge in [-0.1, -0.05) is 71.8 Å². The number of carbonyl (C=O) groups is 3. The van der Waals surface area contributed by atoms with Gasteiger partial charge in [0.25, 0.3) is 11.8 Å². The molecule has 0 radical (unpaired) electrons. The van der Waals surface area contributed by atoms with Gasteiger partial charge in [0.15, 0.2) is 5.54 Å². The Hall–Kier alpha value is -4.17. The molecule has 0 aromatic heterocycles. The molecule has 4 amide bonds. The van der Waals surface area contributed by atoms with Crippen molar-refractivity contribution in [3.8, 4) is 0 Å². The summed E-state index contributed by atoms with van der Waals surface area (Å²) in [7, 11) is 0. The first-order valence-electron chi connectivity index (χ1n) is 13.4. The summed E-state index contributed by atoms with van der Waals surface area (Å²) >= 11 is 0. The number of urea groups is 1. The number of aryl methyl sites for hydroxylation is 2. The van der Waals surface area contributed by atoms with Gasteiger partial charge in [-0.15, -0.1) is 0 Å². The Kier molecular flexibility index (Phi) is 7.39. The van der Waals surface area contributed by atoms with Crippen molar-refractivity contribution in [2.75, 3.05) is 44.2 Å². The monoisotopic (exact) mass is 525 g/mol. The number of hydrogen-bond acceptors (Lipinski definition) is 5. The van der Waals surface area contributed by atoms with Crippen molar-refractivity contribution in [3.05, 3.63) is 101 Å². The first-order chi connectivity index (χ1) is 18.8. The Morgan fingerprint density at radius 2 is 1.38 bits per heavy atom. The maximum Gasteiger partial charge on any atom is 0.325 e. The number of amides is 4.